The molecule has 1 heterocycles. The smallest absolute Gasteiger partial charge is 0.0833 e. The largest absolute Gasteiger partial charge is 0.411 e. The molecule has 0 aliphatic carbocycles. The van der Waals surface area contributed by atoms with E-state index in [1.54, 1.807) is 11.3 Å². The number of rotatable bonds is 2. The Morgan fingerprint density at radius 1 is 1.07 bits per heavy atom. The normalized spacial score (nSPS) is 10.9. The van der Waals surface area contributed by atoms with E-state index in [-0.39, 0.29) is 0 Å². The zero-order valence-corrected chi connectivity index (χ0v) is 8.24. The first-order chi connectivity index (χ1) is 6.90. The van der Waals surface area contributed by atoms with E-state index in [2.05, 4.69) is 17.3 Å². The molecule has 0 unspecified atom stereocenters. The zero-order valence-electron chi connectivity index (χ0n) is 7.42. The molecular formula is C11H9NOS. The molecule has 1 N–H and O–H groups in total. The summed E-state index contributed by atoms with van der Waals surface area (Å²) in [4.78, 5) is 2.13. The molecule has 0 radical (unpaired) electrons. The fraction of sp³-hybridized carbons (Fsp3) is 0. The van der Waals surface area contributed by atoms with Crippen LogP contribution in [0.4, 0.5) is 0 Å². The molecule has 0 aliphatic rings. The lowest BCUT2D eigenvalue weighted by atomic mass is 10.2. The second-order valence-electron chi connectivity index (χ2n) is 2.81. The zero-order chi connectivity index (χ0) is 9.80. The summed E-state index contributed by atoms with van der Waals surface area (Å²) in [6.45, 7) is 0. The molecular weight excluding hydrogens is 194 g/mol. The third-order valence-electron chi connectivity index (χ3n) is 1.87. The van der Waals surface area contributed by atoms with Crippen LogP contribution in [0.15, 0.2) is 47.6 Å². The Bertz CT molecular complexity index is 434. The SMILES string of the molecule is O/N=C/c1ccc(-c2ccccc2)s1. The number of benzene rings is 1. The Morgan fingerprint density at radius 2 is 1.86 bits per heavy atom. The summed E-state index contributed by atoms with van der Waals surface area (Å²) in [5, 5.41) is 11.4. The Morgan fingerprint density at radius 3 is 2.57 bits per heavy atom. The van der Waals surface area contributed by atoms with Crippen molar-refractivity contribution in [2.75, 3.05) is 0 Å². The van der Waals surface area contributed by atoms with Crippen LogP contribution < -0.4 is 0 Å². The molecule has 0 spiro atoms. The van der Waals surface area contributed by atoms with Crippen LogP contribution in [0.3, 0.4) is 0 Å². The number of hydrogen-bond donors (Lipinski definition) is 1. The van der Waals surface area contributed by atoms with Crippen molar-refractivity contribution in [1.82, 2.24) is 0 Å². The molecule has 0 aliphatic heterocycles. The van der Waals surface area contributed by atoms with E-state index >= 15 is 0 Å². The summed E-state index contributed by atoms with van der Waals surface area (Å²) < 4.78 is 0. The van der Waals surface area contributed by atoms with Gasteiger partial charge in [0.2, 0.25) is 0 Å². The lowest BCUT2D eigenvalue weighted by Crippen LogP contribution is -1.69. The predicted molar refractivity (Wildman–Crippen MR) is 59.1 cm³/mol. The van der Waals surface area contributed by atoms with Crippen molar-refractivity contribution in [1.29, 1.82) is 0 Å². The number of oxime groups is 1. The van der Waals surface area contributed by atoms with Gasteiger partial charge < -0.3 is 5.21 Å². The quantitative estimate of drug-likeness (QED) is 0.453. The number of nitrogens with zero attached hydrogens (tertiary/aromatic N) is 1. The van der Waals surface area contributed by atoms with Crippen LogP contribution in [0, 0.1) is 0 Å². The Kier molecular flexibility index (Phi) is 2.60. The van der Waals surface area contributed by atoms with E-state index in [0.717, 1.165) is 4.88 Å². The minimum Gasteiger partial charge on any atom is -0.411 e. The summed E-state index contributed by atoms with van der Waals surface area (Å²) in [7, 11) is 0. The van der Waals surface area contributed by atoms with E-state index in [1.165, 1.54) is 16.7 Å². The number of thiophene rings is 1. The Labute approximate surface area is 86.1 Å². The monoisotopic (exact) mass is 203 g/mol. The van der Waals surface area contributed by atoms with Gasteiger partial charge >= 0.3 is 0 Å². The highest BCUT2D eigenvalue weighted by molar-refractivity contribution is 7.17. The van der Waals surface area contributed by atoms with Crippen molar-refractivity contribution >= 4 is 17.6 Å². The van der Waals surface area contributed by atoms with Crippen LogP contribution >= 0.6 is 11.3 Å². The molecule has 1 aromatic heterocycles. The fourth-order valence-electron chi connectivity index (χ4n) is 1.24. The third-order valence-corrected chi connectivity index (χ3v) is 2.94. The van der Waals surface area contributed by atoms with Crippen molar-refractivity contribution in [3.63, 3.8) is 0 Å². The molecule has 2 aromatic rings. The standard InChI is InChI=1S/C11H9NOS/c13-12-8-10-6-7-11(14-10)9-4-2-1-3-5-9/h1-8,13H/b12-8+. The van der Waals surface area contributed by atoms with Gasteiger partial charge in [-0.3, -0.25) is 0 Å². The van der Waals surface area contributed by atoms with Gasteiger partial charge in [-0.25, -0.2) is 0 Å². The molecule has 0 saturated heterocycles. The van der Waals surface area contributed by atoms with Gasteiger partial charge in [-0.1, -0.05) is 35.5 Å². The molecule has 14 heavy (non-hydrogen) atoms. The predicted octanol–water partition coefficient (Wildman–Crippen LogP) is 3.22. The maximum Gasteiger partial charge on any atom is 0.0833 e. The Balaban J connectivity index is 2.34. The number of hydrogen-bond acceptors (Lipinski definition) is 3. The molecule has 70 valence electrons. The van der Waals surface area contributed by atoms with Gasteiger partial charge in [-0.2, -0.15) is 0 Å². The summed E-state index contributed by atoms with van der Waals surface area (Å²) in [5.41, 5.74) is 1.19. The van der Waals surface area contributed by atoms with E-state index < -0.39 is 0 Å². The third kappa shape index (κ3) is 1.83. The first-order valence-electron chi connectivity index (χ1n) is 4.23. The maximum absolute atomic E-state index is 8.38. The van der Waals surface area contributed by atoms with Crippen LogP contribution in [0.1, 0.15) is 4.88 Å². The van der Waals surface area contributed by atoms with Gasteiger partial charge in [0.05, 0.1) is 6.21 Å². The van der Waals surface area contributed by atoms with E-state index in [9.17, 15) is 0 Å². The summed E-state index contributed by atoms with van der Waals surface area (Å²) in [5.74, 6) is 0. The molecule has 1 aromatic carbocycles. The van der Waals surface area contributed by atoms with Gasteiger partial charge in [0, 0.05) is 9.75 Å². The average Bonchev–Trinajstić information content (AvgIpc) is 2.68. The molecule has 0 amide bonds. The van der Waals surface area contributed by atoms with Crippen molar-refractivity contribution in [3.05, 3.63) is 47.3 Å². The minimum atomic E-state index is 0.950. The molecule has 0 saturated carbocycles. The molecule has 3 heteroatoms. The highest BCUT2D eigenvalue weighted by Crippen LogP contribution is 2.26. The van der Waals surface area contributed by atoms with E-state index in [4.69, 9.17) is 5.21 Å². The Hall–Kier alpha value is -1.61. The molecule has 2 rings (SSSR count). The highest BCUT2D eigenvalue weighted by atomic mass is 32.1. The van der Waals surface area contributed by atoms with Crippen LogP contribution in [0.5, 0.6) is 0 Å². The van der Waals surface area contributed by atoms with E-state index in [0.29, 0.717) is 0 Å². The van der Waals surface area contributed by atoms with Crippen molar-refractivity contribution in [2.24, 2.45) is 5.16 Å². The van der Waals surface area contributed by atoms with Crippen molar-refractivity contribution < 1.29 is 5.21 Å². The van der Waals surface area contributed by atoms with Crippen LogP contribution in [0.25, 0.3) is 10.4 Å². The van der Waals surface area contributed by atoms with Gasteiger partial charge in [-0.15, -0.1) is 11.3 Å². The molecule has 2 nitrogen and oxygen atoms in total. The molecule has 0 fully saturated rings. The summed E-state index contributed by atoms with van der Waals surface area (Å²) in [6.07, 6.45) is 1.44. The van der Waals surface area contributed by atoms with Crippen LogP contribution in [-0.2, 0) is 0 Å². The first kappa shape index (κ1) is 8.97. The second-order valence-corrected chi connectivity index (χ2v) is 3.93. The van der Waals surface area contributed by atoms with Crippen LogP contribution in [-0.4, -0.2) is 11.4 Å². The van der Waals surface area contributed by atoms with Gasteiger partial charge in [0.1, 0.15) is 0 Å². The highest BCUT2D eigenvalue weighted by Gasteiger charge is 1.99. The molecule has 0 bridgehead atoms. The minimum absolute atomic E-state index is 0.950. The topological polar surface area (TPSA) is 32.6 Å². The van der Waals surface area contributed by atoms with Gasteiger partial charge in [-0.05, 0) is 17.7 Å². The summed E-state index contributed by atoms with van der Waals surface area (Å²) in [6, 6.07) is 14.1. The lowest BCUT2D eigenvalue weighted by Gasteiger charge is -1.93. The maximum atomic E-state index is 8.38. The summed E-state index contributed by atoms with van der Waals surface area (Å²) >= 11 is 1.60. The van der Waals surface area contributed by atoms with Crippen molar-refractivity contribution in [2.45, 2.75) is 0 Å². The van der Waals surface area contributed by atoms with Gasteiger partial charge in [0.25, 0.3) is 0 Å². The fourth-order valence-corrected chi connectivity index (χ4v) is 2.12. The van der Waals surface area contributed by atoms with Crippen molar-refractivity contribution in [3.8, 4) is 10.4 Å². The first-order valence-corrected chi connectivity index (χ1v) is 5.04. The van der Waals surface area contributed by atoms with Crippen LogP contribution in [0.2, 0.25) is 0 Å². The second kappa shape index (κ2) is 4.07. The van der Waals surface area contributed by atoms with E-state index in [1.807, 2.05) is 30.3 Å². The lowest BCUT2D eigenvalue weighted by molar-refractivity contribution is 0.322. The van der Waals surface area contributed by atoms with Gasteiger partial charge in [0.15, 0.2) is 0 Å². The average molecular weight is 203 g/mol. The molecule has 0 atom stereocenters.